The monoisotopic (exact) mass is 380 g/mol. The van der Waals surface area contributed by atoms with Gasteiger partial charge in [-0.15, -0.1) is 0 Å². The number of hydrogen-bond donors (Lipinski definition) is 1. The summed E-state index contributed by atoms with van der Waals surface area (Å²) in [6.07, 6.45) is 4.72. The molecule has 0 radical (unpaired) electrons. The van der Waals surface area contributed by atoms with Crippen LogP contribution in [0, 0.1) is 6.92 Å². The van der Waals surface area contributed by atoms with E-state index in [9.17, 15) is 9.90 Å². The quantitative estimate of drug-likeness (QED) is 0.735. The van der Waals surface area contributed by atoms with E-state index in [1.165, 1.54) is 0 Å². The summed E-state index contributed by atoms with van der Waals surface area (Å²) in [5, 5.41) is 18.0. The number of carbonyl (C=O) groups excluding carboxylic acids is 1. The van der Waals surface area contributed by atoms with Gasteiger partial charge >= 0.3 is 0 Å². The summed E-state index contributed by atoms with van der Waals surface area (Å²) >= 11 is 0. The number of likely N-dealkylation sites (tertiary alicyclic amines) is 1. The number of amides is 1. The lowest BCUT2D eigenvalue weighted by atomic mass is 9.95. The van der Waals surface area contributed by atoms with Gasteiger partial charge in [0.05, 0.1) is 36.1 Å². The Morgan fingerprint density at radius 2 is 2.11 bits per heavy atom. The van der Waals surface area contributed by atoms with Gasteiger partial charge in [-0.3, -0.25) is 9.48 Å². The molecule has 2 aromatic heterocycles. The molecule has 0 bridgehead atoms. The van der Waals surface area contributed by atoms with Gasteiger partial charge < -0.3 is 14.5 Å². The number of aliphatic hydroxyl groups is 1. The lowest BCUT2D eigenvalue weighted by Gasteiger charge is -2.35. The summed E-state index contributed by atoms with van der Waals surface area (Å²) in [4.78, 5) is 15.1. The molecule has 4 rings (SSSR count). The summed E-state index contributed by atoms with van der Waals surface area (Å²) in [7, 11) is 0. The van der Waals surface area contributed by atoms with Crippen molar-refractivity contribution >= 4 is 5.91 Å². The summed E-state index contributed by atoms with van der Waals surface area (Å²) < 4.78 is 7.19. The van der Waals surface area contributed by atoms with Crippen LogP contribution in [-0.4, -0.2) is 44.0 Å². The topological polar surface area (TPSA) is 84.4 Å². The summed E-state index contributed by atoms with van der Waals surface area (Å²) in [6, 6.07) is 11.1. The number of rotatable bonds is 5. The standard InChI is InChI=1S/C21H24N4O3/c1-15-13-19(28-23-15)17-14-24(11-12-26)22-20(17)18-9-5-6-10-25(18)21(27)16-7-3-2-4-8-16/h2-4,7-8,13-14,18,26H,5-6,9-12H2,1H3. The molecule has 1 aliphatic rings. The largest absolute Gasteiger partial charge is 0.394 e. The van der Waals surface area contributed by atoms with E-state index >= 15 is 0 Å². The SMILES string of the molecule is Cc1cc(-c2cn(CCO)nc2C2CCCCN2C(=O)c2ccccc2)on1. The first kappa shape index (κ1) is 18.4. The van der Waals surface area contributed by atoms with Crippen LogP contribution in [0.3, 0.4) is 0 Å². The molecule has 1 saturated heterocycles. The Labute approximate surface area is 163 Å². The zero-order chi connectivity index (χ0) is 19.5. The van der Waals surface area contributed by atoms with Gasteiger partial charge in [0, 0.05) is 24.4 Å². The second kappa shape index (κ2) is 7.98. The average molecular weight is 380 g/mol. The van der Waals surface area contributed by atoms with Gasteiger partial charge in [0.2, 0.25) is 0 Å². The van der Waals surface area contributed by atoms with Gasteiger partial charge in [-0.1, -0.05) is 23.4 Å². The molecule has 1 amide bonds. The third-order valence-electron chi connectivity index (χ3n) is 5.11. The van der Waals surface area contributed by atoms with Crippen molar-refractivity contribution in [3.8, 4) is 11.3 Å². The van der Waals surface area contributed by atoms with E-state index in [2.05, 4.69) is 5.16 Å². The highest BCUT2D eigenvalue weighted by Gasteiger charge is 2.33. The zero-order valence-corrected chi connectivity index (χ0v) is 15.9. The van der Waals surface area contributed by atoms with Crippen molar-refractivity contribution in [1.82, 2.24) is 19.8 Å². The lowest BCUT2D eigenvalue weighted by Crippen LogP contribution is -2.39. The summed E-state index contributed by atoms with van der Waals surface area (Å²) in [5.41, 5.74) is 3.10. The number of aromatic nitrogens is 3. The van der Waals surface area contributed by atoms with Gasteiger partial charge in [0.25, 0.3) is 5.91 Å². The molecule has 1 N–H and O–H groups in total. The number of piperidine rings is 1. The van der Waals surface area contributed by atoms with E-state index in [1.807, 2.05) is 54.4 Å². The first-order valence-electron chi connectivity index (χ1n) is 9.65. The fraction of sp³-hybridized carbons (Fsp3) is 0.381. The van der Waals surface area contributed by atoms with Crippen molar-refractivity contribution < 1.29 is 14.4 Å². The average Bonchev–Trinajstić information content (AvgIpc) is 3.34. The van der Waals surface area contributed by atoms with Crippen molar-refractivity contribution in [2.45, 2.75) is 38.8 Å². The van der Waals surface area contributed by atoms with Crippen LogP contribution in [0.25, 0.3) is 11.3 Å². The molecule has 1 atom stereocenters. The predicted octanol–water partition coefficient (Wildman–Crippen LogP) is 3.21. The number of nitrogens with zero attached hydrogens (tertiary/aromatic N) is 4. The van der Waals surface area contributed by atoms with Crippen LogP contribution in [0.4, 0.5) is 0 Å². The fourth-order valence-corrected chi connectivity index (χ4v) is 3.79. The van der Waals surface area contributed by atoms with E-state index in [4.69, 9.17) is 9.62 Å². The highest BCUT2D eigenvalue weighted by Crippen LogP contribution is 2.37. The van der Waals surface area contributed by atoms with Crippen molar-refractivity contribution in [2.24, 2.45) is 0 Å². The Hall–Kier alpha value is -2.93. The van der Waals surface area contributed by atoms with Gasteiger partial charge in [0.15, 0.2) is 5.76 Å². The van der Waals surface area contributed by atoms with Crippen LogP contribution in [0.1, 0.15) is 47.1 Å². The molecule has 3 heterocycles. The van der Waals surface area contributed by atoms with Gasteiger partial charge in [-0.2, -0.15) is 5.10 Å². The summed E-state index contributed by atoms with van der Waals surface area (Å²) in [6.45, 7) is 2.95. The maximum Gasteiger partial charge on any atom is 0.254 e. The zero-order valence-electron chi connectivity index (χ0n) is 15.9. The van der Waals surface area contributed by atoms with Gasteiger partial charge in [-0.05, 0) is 38.3 Å². The van der Waals surface area contributed by atoms with Gasteiger partial charge in [0.1, 0.15) is 0 Å². The highest BCUT2D eigenvalue weighted by atomic mass is 16.5. The maximum atomic E-state index is 13.2. The molecule has 1 fully saturated rings. The Balaban J connectivity index is 1.73. The minimum atomic E-state index is -0.137. The number of benzene rings is 1. The number of carbonyl (C=O) groups is 1. The fourth-order valence-electron chi connectivity index (χ4n) is 3.79. The van der Waals surface area contributed by atoms with Crippen LogP contribution in [0.5, 0.6) is 0 Å². The van der Waals surface area contributed by atoms with Crippen LogP contribution in [-0.2, 0) is 6.54 Å². The number of aryl methyl sites for hydroxylation is 1. The second-order valence-corrected chi connectivity index (χ2v) is 7.12. The Morgan fingerprint density at radius 3 is 2.82 bits per heavy atom. The third kappa shape index (κ3) is 3.57. The number of hydrogen-bond acceptors (Lipinski definition) is 5. The molecule has 28 heavy (non-hydrogen) atoms. The Kier molecular flexibility index (Phi) is 5.25. The van der Waals surface area contributed by atoms with Crippen LogP contribution >= 0.6 is 0 Å². The molecule has 1 aromatic carbocycles. The molecular weight excluding hydrogens is 356 g/mol. The first-order valence-corrected chi connectivity index (χ1v) is 9.65. The molecule has 1 aliphatic heterocycles. The molecule has 7 nitrogen and oxygen atoms in total. The molecule has 0 saturated carbocycles. The lowest BCUT2D eigenvalue weighted by molar-refractivity contribution is 0.0605. The van der Waals surface area contributed by atoms with E-state index in [0.29, 0.717) is 24.4 Å². The minimum absolute atomic E-state index is 0.00663. The molecular formula is C21H24N4O3. The number of aliphatic hydroxyl groups excluding tert-OH is 1. The predicted molar refractivity (Wildman–Crippen MR) is 104 cm³/mol. The highest BCUT2D eigenvalue weighted by molar-refractivity contribution is 5.94. The van der Waals surface area contributed by atoms with Crippen molar-refractivity contribution in [2.75, 3.05) is 13.2 Å². The Bertz CT molecular complexity index is 948. The van der Waals surface area contributed by atoms with E-state index in [-0.39, 0.29) is 18.6 Å². The molecule has 1 unspecified atom stereocenters. The summed E-state index contributed by atoms with van der Waals surface area (Å²) in [5.74, 6) is 0.649. The maximum absolute atomic E-state index is 13.2. The third-order valence-corrected chi connectivity index (χ3v) is 5.11. The van der Waals surface area contributed by atoms with E-state index < -0.39 is 0 Å². The van der Waals surface area contributed by atoms with Gasteiger partial charge in [-0.25, -0.2) is 0 Å². The molecule has 146 valence electrons. The molecule has 7 heteroatoms. The molecule has 0 spiro atoms. The smallest absolute Gasteiger partial charge is 0.254 e. The van der Waals surface area contributed by atoms with E-state index in [0.717, 1.165) is 36.2 Å². The van der Waals surface area contributed by atoms with Crippen molar-refractivity contribution in [1.29, 1.82) is 0 Å². The van der Waals surface area contributed by atoms with Crippen LogP contribution in [0.15, 0.2) is 47.1 Å². The Morgan fingerprint density at radius 1 is 1.29 bits per heavy atom. The van der Waals surface area contributed by atoms with Crippen molar-refractivity contribution in [3.05, 3.63) is 59.5 Å². The van der Waals surface area contributed by atoms with E-state index in [1.54, 1.807) is 4.68 Å². The van der Waals surface area contributed by atoms with Crippen LogP contribution < -0.4 is 0 Å². The normalized spacial score (nSPS) is 17.1. The first-order chi connectivity index (χ1) is 13.7. The second-order valence-electron chi connectivity index (χ2n) is 7.12. The minimum Gasteiger partial charge on any atom is -0.394 e. The molecule has 3 aromatic rings. The molecule has 0 aliphatic carbocycles. The van der Waals surface area contributed by atoms with Crippen LogP contribution in [0.2, 0.25) is 0 Å². The van der Waals surface area contributed by atoms with Crippen molar-refractivity contribution in [3.63, 3.8) is 0 Å².